The Morgan fingerprint density at radius 3 is 2.89 bits per heavy atom. The number of rotatable bonds is 2. The molecule has 0 radical (unpaired) electrons. The van der Waals surface area contributed by atoms with Crippen molar-refractivity contribution < 1.29 is 4.74 Å². The lowest BCUT2D eigenvalue weighted by molar-refractivity contribution is 0.462. The number of halogens is 1. The smallest absolute Gasteiger partial charge is 0.221 e. The zero-order valence-corrected chi connectivity index (χ0v) is 11.7. The van der Waals surface area contributed by atoms with Gasteiger partial charge in [-0.2, -0.15) is 0 Å². The van der Waals surface area contributed by atoms with Crippen LogP contribution in [-0.4, -0.2) is 11.5 Å². The van der Waals surface area contributed by atoms with E-state index in [-0.39, 0.29) is 5.41 Å². The summed E-state index contributed by atoms with van der Waals surface area (Å²) in [6, 6.07) is 9.30. The molecule has 1 aromatic carbocycles. The van der Waals surface area contributed by atoms with E-state index >= 15 is 0 Å². The van der Waals surface area contributed by atoms with Gasteiger partial charge in [0.15, 0.2) is 0 Å². The molecule has 0 aliphatic carbocycles. The summed E-state index contributed by atoms with van der Waals surface area (Å²) in [4.78, 5) is 4.36. The zero-order chi connectivity index (χ0) is 13.5. The Hall–Kier alpha value is -1.74. The summed E-state index contributed by atoms with van der Waals surface area (Å²) < 4.78 is 5.72. The molecule has 0 saturated carbocycles. The molecular formula is C15H15ClN2O. The highest BCUT2D eigenvalue weighted by Crippen LogP contribution is 2.38. The van der Waals surface area contributed by atoms with Crippen LogP contribution >= 0.6 is 11.6 Å². The first-order valence-corrected chi connectivity index (χ1v) is 6.61. The molecule has 0 atom stereocenters. The van der Waals surface area contributed by atoms with Gasteiger partial charge in [-0.3, -0.25) is 0 Å². The van der Waals surface area contributed by atoms with Gasteiger partial charge in [-0.15, -0.1) is 0 Å². The van der Waals surface area contributed by atoms with Crippen LogP contribution in [0.15, 0.2) is 36.5 Å². The van der Waals surface area contributed by atoms with Gasteiger partial charge in [0.05, 0.1) is 5.02 Å². The van der Waals surface area contributed by atoms with Crippen LogP contribution in [0, 0.1) is 0 Å². The van der Waals surface area contributed by atoms with Gasteiger partial charge in [-0.05, 0) is 12.1 Å². The highest BCUT2D eigenvalue weighted by molar-refractivity contribution is 6.32. The van der Waals surface area contributed by atoms with Crippen LogP contribution in [0.2, 0.25) is 5.02 Å². The van der Waals surface area contributed by atoms with E-state index in [4.69, 9.17) is 16.3 Å². The number of pyridine rings is 1. The summed E-state index contributed by atoms with van der Waals surface area (Å²) in [6.07, 6.45) is 1.88. The van der Waals surface area contributed by atoms with Gasteiger partial charge in [0.25, 0.3) is 0 Å². The minimum Gasteiger partial charge on any atom is -0.437 e. The molecule has 0 saturated heterocycles. The fourth-order valence-electron chi connectivity index (χ4n) is 2.23. The normalized spacial score (nSPS) is 15.7. The van der Waals surface area contributed by atoms with Crippen molar-refractivity contribution in [3.05, 3.63) is 47.1 Å². The summed E-state index contributed by atoms with van der Waals surface area (Å²) in [5.74, 6) is 1.17. The highest BCUT2D eigenvalue weighted by atomic mass is 35.5. The highest BCUT2D eigenvalue weighted by Gasteiger charge is 2.30. The number of aromatic nitrogens is 1. The molecule has 0 unspecified atom stereocenters. The molecule has 1 N–H and O–H groups in total. The molecule has 1 aliphatic rings. The molecule has 98 valence electrons. The second-order valence-electron chi connectivity index (χ2n) is 5.34. The third-order valence-electron chi connectivity index (χ3n) is 3.38. The largest absolute Gasteiger partial charge is 0.437 e. The average Bonchev–Trinajstić information content (AvgIpc) is 2.68. The van der Waals surface area contributed by atoms with Crippen molar-refractivity contribution in [3.63, 3.8) is 0 Å². The van der Waals surface area contributed by atoms with Gasteiger partial charge in [0.1, 0.15) is 5.75 Å². The molecule has 0 amide bonds. The van der Waals surface area contributed by atoms with Gasteiger partial charge in [-0.25, -0.2) is 4.98 Å². The van der Waals surface area contributed by atoms with Crippen molar-refractivity contribution in [1.82, 2.24) is 4.98 Å². The Bertz CT molecular complexity index is 625. The first-order chi connectivity index (χ1) is 9.06. The Kier molecular flexibility index (Phi) is 2.86. The van der Waals surface area contributed by atoms with Crippen molar-refractivity contribution in [2.24, 2.45) is 0 Å². The first kappa shape index (κ1) is 12.3. The summed E-state index contributed by atoms with van der Waals surface area (Å²) >= 11 is 6.07. The Morgan fingerprint density at radius 1 is 1.32 bits per heavy atom. The third-order valence-corrected chi connectivity index (χ3v) is 3.69. The lowest BCUT2D eigenvalue weighted by Gasteiger charge is -2.16. The average molecular weight is 275 g/mol. The number of fused-ring (bicyclic) bond motifs is 1. The van der Waals surface area contributed by atoms with Crippen LogP contribution in [-0.2, 0) is 5.41 Å². The summed E-state index contributed by atoms with van der Waals surface area (Å²) in [7, 11) is 0. The van der Waals surface area contributed by atoms with E-state index in [1.807, 2.05) is 30.5 Å². The van der Waals surface area contributed by atoms with Crippen LogP contribution < -0.4 is 10.1 Å². The van der Waals surface area contributed by atoms with E-state index < -0.39 is 0 Å². The Labute approximate surface area is 117 Å². The lowest BCUT2D eigenvalue weighted by Crippen LogP contribution is -2.18. The molecule has 1 aromatic heterocycles. The van der Waals surface area contributed by atoms with E-state index in [9.17, 15) is 0 Å². The number of hydrogen-bond donors (Lipinski definition) is 1. The van der Waals surface area contributed by atoms with Gasteiger partial charge >= 0.3 is 0 Å². The minimum absolute atomic E-state index is 0.116. The van der Waals surface area contributed by atoms with Crippen LogP contribution in [0.4, 0.5) is 5.69 Å². The quantitative estimate of drug-likeness (QED) is 0.890. The van der Waals surface area contributed by atoms with E-state index in [0.29, 0.717) is 16.7 Å². The number of para-hydroxylation sites is 1. The number of ether oxygens (including phenoxy) is 1. The van der Waals surface area contributed by atoms with Crippen molar-refractivity contribution >= 4 is 17.3 Å². The molecule has 2 heterocycles. The molecule has 3 rings (SSSR count). The van der Waals surface area contributed by atoms with Gasteiger partial charge < -0.3 is 10.1 Å². The molecule has 3 nitrogen and oxygen atoms in total. The molecule has 19 heavy (non-hydrogen) atoms. The number of nitrogens with zero attached hydrogens (tertiary/aromatic N) is 1. The molecule has 0 spiro atoms. The predicted octanol–water partition coefficient (Wildman–Crippen LogP) is 4.23. The standard InChI is InChI=1S/C15H15ClN2O/c1-15(2)9-18-12-7-14(17-8-10(12)15)19-13-6-4-3-5-11(13)16/h3-8,18H,9H2,1-2H3. The maximum absolute atomic E-state index is 6.07. The molecule has 0 bridgehead atoms. The van der Waals surface area contributed by atoms with Crippen molar-refractivity contribution in [1.29, 1.82) is 0 Å². The topological polar surface area (TPSA) is 34.1 Å². The van der Waals surface area contributed by atoms with Gasteiger partial charge in [-0.1, -0.05) is 37.6 Å². The number of nitrogens with one attached hydrogen (secondary N) is 1. The molecular weight excluding hydrogens is 260 g/mol. The monoisotopic (exact) mass is 274 g/mol. The van der Waals surface area contributed by atoms with Crippen molar-refractivity contribution in [2.45, 2.75) is 19.3 Å². The van der Waals surface area contributed by atoms with Crippen molar-refractivity contribution in [3.8, 4) is 11.6 Å². The first-order valence-electron chi connectivity index (χ1n) is 6.23. The van der Waals surface area contributed by atoms with Gasteiger partial charge in [0, 0.05) is 35.5 Å². The molecule has 0 fully saturated rings. The van der Waals surface area contributed by atoms with E-state index in [0.717, 1.165) is 12.2 Å². The SMILES string of the molecule is CC1(C)CNc2cc(Oc3ccccc3Cl)ncc21. The van der Waals surface area contributed by atoms with Crippen LogP contribution in [0.1, 0.15) is 19.4 Å². The van der Waals surface area contributed by atoms with E-state index in [1.165, 1.54) is 5.56 Å². The Morgan fingerprint density at radius 2 is 2.11 bits per heavy atom. The van der Waals surface area contributed by atoms with Crippen LogP contribution in [0.5, 0.6) is 11.6 Å². The fourth-order valence-corrected chi connectivity index (χ4v) is 2.40. The van der Waals surface area contributed by atoms with Crippen LogP contribution in [0.3, 0.4) is 0 Å². The second kappa shape index (κ2) is 4.42. The molecule has 1 aliphatic heterocycles. The summed E-state index contributed by atoms with van der Waals surface area (Å²) in [5.41, 5.74) is 2.42. The lowest BCUT2D eigenvalue weighted by atomic mass is 9.88. The number of anilines is 1. The Balaban J connectivity index is 1.91. The van der Waals surface area contributed by atoms with Crippen molar-refractivity contribution in [2.75, 3.05) is 11.9 Å². The van der Waals surface area contributed by atoms with E-state index in [1.54, 1.807) is 6.07 Å². The number of hydrogen-bond acceptors (Lipinski definition) is 3. The summed E-state index contributed by atoms with van der Waals surface area (Å²) in [6.45, 7) is 5.31. The summed E-state index contributed by atoms with van der Waals surface area (Å²) in [5, 5.41) is 3.96. The third kappa shape index (κ3) is 2.26. The minimum atomic E-state index is 0.116. The molecule has 2 aromatic rings. The van der Waals surface area contributed by atoms with Crippen LogP contribution in [0.25, 0.3) is 0 Å². The second-order valence-corrected chi connectivity index (χ2v) is 5.75. The van der Waals surface area contributed by atoms with Gasteiger partial charge in [0.2, 0.25) is 5.88 Å². The molecule has 4 heteroatoms. The van der Waals surface area contributed by atoms with E-state index in [2.05, 4.69) is 24.1 Å². The fraction of sp³-hybridized carbons (Fsp3) is 0.267. The maximum atomic E-state index is 6.07. The zero-order valence-electron chi connectivity index (χ0n) is 10.9. The number of benzene rings is 1. The predicted molar refractivity (Wildman–Crippen MR) is 77.3 cm³/mol. The maximum Gasteiger partial charge on any atom is 0.221 e.